The maximum Gasteiger partial charge on any atom is 0.416 e. The van der Waals surface area contributed by atoms with E-state index in [9.17, 15) is 13.2 Å². The van der Waals surface area contributed by atoms with Crippen molar-refractivity contribution in [3.8, 4) is 23.1 Å². The minimum atomic E-state index is -4.41. The largest absolute Gasteiger partial charge is 0.465 e. The molecule has 0 bridgehead atoms. The fraction of sp³-hybridized carbons (Fsp3) is 0.250. The lowest BCUT2D eigenvalue weighted by Gasteiger charge is -2.13. The molecule has 0 radical (unpaired) electrons. The van der Waals surface area contributed by atoms with Crippen molar-refractivity contribution in [3.05, 3.63) is 47.8 Å². The first-order valence-corrected chi connectivity index (χ1v) is 7.31. The molecule has 2 heterocycles. The molecule has 8 heteroatoms. The second kappa shape index (κ2) is 6.03. The number of rotatable bonds is 4. The summed E-state index contributed by atoms with van der Waals surface area (Å²) in [6.45, 7) is 3.90. The van der Waals surface area contributed by atoms with Crippen molar-refractivity contribution < 1.29 is 17.9 Å². The van der Waals surface area contributed by atoms with E-state index in [0.29, 0.717) is 29.4 Å². The third kappa shape index (κ3) is 2.86. The topological polar surface area (TPSA) is 55.7 Å². The van der Waals surface area contributed by atoms with E-state index in [1.165, 1.54) is 6.07 Å². The van der Waals surface area contributed by atoms with Crippen molar-refractivity contribution >= 4 is 0 Å². The standard InChI is InChI=1S/C16H15F3N4O/c1-3-24-15-21-14(13-7-8-20-22-13)10(2)23(15)12-6-4-5-11(9-12)16(17,18)19/h4-9H,3H2,1-2H3,(H,20,22). The van der Waals surface area contributed by atoms with Gasteiger partial charge < -0.3 is 4.74 Å². The van der Waals surface area contributed by atoms with Gasteiger partial charge in [-0.15, -0.1) is 0 Å². The van der Waals surface area contributed by atoms with E-state index in [1.54, 1.807) is 36.7 Å². The average molecular weight is 336 g/mol. The van der Waals surface area contributed by atoms with Crippen molar-refractivity contribution in [2.75, 3.05) is 6.61 Å². The quantitative estimate of drug-likeness (QED) is 0.784. The fourth-order valence-electron chi connectivity index (χ4n) is 2.47. The molecule has 0 aliphatic rings. The van der Waals surface area contributed by atoms with Crippen molar-refractivity contribution in [3.63, 3.8) is 0 Å². The Kier molecular flexibility index (Phi) is 4.04. The number of nitrogens with zero attached hydrogens (tertiary/aromatic N) is 3. The number of imidazole rings is 1. The highest BCUT2D eigenvalue weighted by molar-refractivity contribution is 5.60. The molecule has 1 N–H and O–H groups in total. The zero-order valence-electron chi connectivity index (χ0n) is 13.1. The maximum absolute atomic E-state index is 13.0. The van der Waals surface area contributed by atoms with Crippen LogP contribution >= 0.6 is 0 Å². The summed E-state index contributed by atoms with van der Waals surface area (Å²) in [5, 5.41) is 6.68. The van der Waals surface area contributed by atoms with E-state index < -0.39 is 11.7 Å². The third-order valence-corrected chi connectivity index (χ3v) is 3.54. The molecule has 0 amide bonds. The van der Waals surface area contributed by atoms with Gasteiger partial charge >= 0.3 is 12.2 Å². The summed E-state index contributed by atoms with van der Waals surface area (Å²) in [7, 11) is 0. The molecule has 0 saturated heterocycles. The summed E-state index contributed by atoms with van der Waals surface area (Å²) < 4.78 is 46.1. The van der Waals surface area contributed by atoms with Crippen LogP contribution in [0.5, 0.6) is 6.01 Å². The van der Waals surface area contributed by atoms with Gasteiger partial charge in [-0.05, 0) is 38.1 Å². The average Bonchev–Trinajstić information content (AvgIpc) is 3.15. The molecule has 2 aromatic heterocycles. The van der Waals surface area contributed by atoms with Crippen LogP contribution in [0.15, 0.2) is 36.5 Å². The molecule has 0 atom stereocenters. The van der Waals surface area contributed by atoms with Gasteiger partial charge in [-0.2, -0.15) is 23.3 Å². The lowest BCUT2D eigenvalue weighted by atomic mass is 10.2. The van der Waals surface area contributed by atoms with Gasteiger partial charge in [0.05, 0.1) is 29.2 Å². The first kappa shape index (κ1) is 16.1. The Hall–Kier alpha value is -2.77. The van der Waals surface area contributed by atoms with Crippen LogP contribution in [-0.4, -0.2) is 26.4 Å². The number of ether oxygens (including phenoxy) is 1. The Morgan fingerprint density at radius 3 is 2.67 bits per heavy atom. The zero-order valence-corrected chi connectivity index (χ0v) is 13.1. The summed E-state index contributed by atoms with van der Waals surface area (Å²) >= 11 is 0. The molecule has 24 heavy (non-hydrogen) atoms. The maximum atomic E-state index is 13.0. The molecule has 126 valence electrons. The van der Waals surface area contributed by atoms with Crippen LogP contribution in [0.25, 0.3) is 17.1 Å². The van der Waals surface area contributed by atoms with Crippen molar-refractivity contribution in [1.82, 2.24) is 19.7 Å². The first-order valence-electron chi connectivity index (χ1n) is 7.31. The van der Waals surface area contributed by atoms with E-state index in [1.807, 2.05) is 0 Å². The van der Waals surface area contributed by atoms with Crippen LogP contribution in [-0.2, 0) is 6.18 Å². The van der Waals surface area contributed by atoms with Crippen LogP contribution < -0.4 is 4.74 Å². The van der Waals surface area contributed by atoms with Gasteiger partial charge in [0.1, 0.15) is 5.69 Å². The first-order chi connectivity index (χ1) is 11.4. The SMILES string of the molecule is CCOc1nc(-c2ccn[nH]2)c(C)n1-c1cccc(C(F)(F)F)c1. The number of aromatic nitrogens is 4. The number of hydrogen-bond donors (Lipinski definition) is 1. The van der Waals surface area contributed by atoms with Gasteiger partial charge in [0, 0.05) is 6.20 Å². The van der Waals surface area contributed by atoms with E-state index >= 15 is 0 Å². The lowest BCUT2D eigenvalue weighted by molar-refractivity contribution is -0.137. The predicted octanol–water partition coefficient (Wildman–Crippen LogP) is 3.99. The molecule has 1 aromatic carbocycles. The summed E-state index contributed by atoms with van der Waals surface area (Å²) in [6.07, 6.45) is -2.83. The highest BCUT2D eigenvalue weighted by Crippen LogP contribution is 2.33. The summed E-state index contributed by atoms with van der Waals surface area (Å²) in [5.74, 6) is 0. The molecule has 0 spiro atoms. The number of halogens is 3. The Balaban J connectivity index is 2.17. The van der Waals surface area contributed by atoms with Crippen molar-refractivity contribution in [2.45, 2.75) is 20.0 Å². The van der Waals surface area contributed by atoms with Gasteiger partial charge in [-0.25, -0.2) is 0 Å². The van der Waals surface area contributed by atoms with Crippen LogP contribution in [0.2, 0.25) is 0 Å². The highest BCUT2D eigenvalue weighted by atomic mass is 19.4. The van der Waals surface area contributed by atoms with Crippen molar-refractivity contribution in [1.29, 1.82) is 0 Å². The third-order valence-electron chi connectivity index (χ3n) is 3.54. The lowest BCUT2D eigenvalue weighted by Crippen LogP contribution is -2.08. The van der Waals surface area contributed by atoms with Crippen molar-refractivity contribution in [2.24, 2.45) is 0 Å². The number of nitrogens with one attached hydrogen (secondary N) is 1. The second-order valence-electron chi connectivity index (χ2n) is 5.12. The van der Waals surface area contributed by atoms with E-state index in [0.717, 1.165) is 12.1 Å². The van der Waals surface area contributed by atoms with Crippen LogP contribution in [0.4, 0.5) is 13.2 Å². The Morgan fingerprint density at radius 2 is 2.04 bits per heavy atom. The minimum Gasteiger partial charge on any atom is -0.465 e. The molecule has 0 aliphatic heterocycles. The molecule has 0 saturated carbocycles. The second-order valence-corrected chi connectivity index (χ2v) is 5.12. The van der Waals surface area contributed by atoms with Crippen LogP contribution in [0.1, 0.15) is 18.2 Å². The molecule has 5 nitrogen and oxygen atoms in total. The van der Waals surface area contributed by atoms with E-state index in [2.05, 4.69) is 15.2 Å². The molecule has 3 rings (SSSR count). The Labute approximate surface area is 136 Å². The number of hydrogen-bond acceptors (Lipinski definition) is 3. The molecule has 0 aliphatic carbocycles. The minimum absolute atomic E-state index is 0.235. The number of H-pyrrole nitrogens is 1. The fourth-order valence-corrected chi connectivity index (χ4v) is 2.47. The molecular weight excluding hydrogens is 321 g/mol. The predicted molar refractivity (Wildman–Crippen MR) is 82.1 cm³/mol. The number of benzene rings is 1. The monoisotopic (exact) mass is 336 g/mol. The highest BCUT2D eigenvalue weighted by Gasteiger charge is 2.31. The van der Waals surface area contributed by atoms with E-state index in [-0.39, 0.29) is 6.01 Å². The normalized spacial score (nSPS) is 11.7. The molecule has 0 unspecified atom stereocenters. The Morgan fingerprint density at radius 1 is 1.25 bits per heavy atom. The molecular formula is C16H15F3N4O. The molecule has 0 fully saturated rings. The summed E-state index contributed by atoms with van der Waals surface area (Å²) in [5.41, 5.74) is 1.51. The number of aromatic amines is 1. The smallest absolute Gasteiger partial charge is 0.416 e. The van der Waals surface area contributed by atoms with Gasteiger partial charge in [-0.3, -0.25) is 9.67 Å². The van der Waals surface area contributed by atoms with Crippen LogP contribution in [0.3, 0.4) is 0 Å². The van der Waals surface area contributed by atoms with Gasteiger partial charge in [0.25, 0.3) is 0 Å². The zero-order chi connectivity index (χ0) is 17.3. The van der Waals surface area contributed by atoms with E-state index in [4.69, 9.17) is 4.74 Å². The number of alkyl halides is 3. The van der Waals surface area contributed by atoms with Gasteiger partial charge in [0.15, 0.2) is 0 Å². The molecule has 3 aromatic rings. The summed E-state index contributed by atoms with van der Waals surface area (Å²) in [6, 6.07) is 7.03. The Bertz CT molecular complexity index is 838. The van der Waals surface area contributed by atoms with Gasteiger partial charge in [-0.1, -0.05) is 6.07 Å². The summed E-state index contributed by atoms with van der Waals surface area (Å²) in [4.78, 5) is 4.40. The van der Waals surface area contributed by atoms with Crippen LogP contribution in [0, 0.1) is 6.92 Å². The van der Waals surface area contributed by atoms with Gasteiger partial charge in [0.2, 0.25) is 0 Å².